The average Bonchev–Trinajstić information content (AvgIpc) is 2.30. The SMILES string of the molecule is CC1CCC(C2CCC(C#N)C(F)C2)CC1. The predicted octanol–water partition coefficient (Wildman–Crippen LogP) is 4.09. The third-order valence-corrected chi connectivity index (χ3v) is 4.71. The molecule has 0 aliphatic heterocycles. The highest BCUT2D eigenvalue weighted by Crippen LogP contribution is 2.41. The van der Waals surface area contributed by atoms with Crippen LogP contribution < -0.4 is 0 Å². The van der Waals surface area contributed by atoms with E-state index >= 15 is 0 Å². The van der Waals surface area contributed by atoms with Crippen molar-refractivity contribution >= 4 is 0 Å². The number of nitrogens with zero attached hydrogens (tertiary/aromatic N) is 1. The quantitative estimate of drug-likeness (QED) is 0.656. The number of rotatable bonds is 1. The van der Waals surface area contributed by atoms with Gasteiger partial charge in [-0.2, -0.15) is 5.26 Å². The number of hydrogen-bond acceptors (Lipinski definition) is 1. The monoisotopic (exact) mass is 223 g/mol. The molecule has 1 nitrogen and oxygen atoms in total. The topological polar surface area (TPSA) is 23.8 Å². The second-order valence-corrected chi connectivity index (χ2v) is 5.84. The first-order chi connectivity index (χ1) is 7.70. The van der Waals surface area contributed by atoms with Gasteiger partial charge in [-0.3, -0.25) is 0 Å². The van der Waals surface area contributed by atoms with Gasteiger partial charge in [0, 0.05) is 0 Å². The van der Waals surface area contributed by atoms with E-state index in [2.05, 4.69) is 13.0 Å². The molecule has 3 unspecified atom stereocenters. The molecule has 0 N–H and O–H groups in total. The van der Waals surface area contributed by atoms with Crippen LogP contribution >= 0.6 is 0 Å². The van der Waals surface area contributed by atoms with E-state index in [0.717, 1.165) is 24.7 Å². The minimum atomic E-state index is -0.858. The molecule has 2 saturated carbocycles. The van der Waals surface area contributed by atoms with E-state index in [9.17, 15) is 4.39 Å². The van der Waals surface area contributed by atoms with Crippen LogP contribution in [-0.4, -0.2) is 6.17 Å². The Morgan fingerprint density at radius 3 is 2.19 bits per heavy atom. The lowest BCUT2D eigenvalue weighted by atomic mass is 9.69. The second kappa shape index (κ2) is 5.17. The van der Waals surface area contributed by atoms with Gasteiger partial charge in [-0.05, 0) is 49.9 Å². The zero-order chi connectivity index (χ0) is 11.5. The van der Waals surface area contributed by atoms with Crippen LogP contribution in [0.2, 0.25) is 0 Å². The van der Waals surface area contributed by atoms with Gasteiger partial charge in [0.2, 0.25) is 0 Å². The Kier molecular flexibility index (Phi) is 3.84. The maximum Gasteiger partial charge on any atom is 0.116 e. The number of alkyl halides is 1. The molecule has 3 atom stereocenters. The highest BCUT2D eigenvalue weighted by molar-refractivity contribution is 4.94. The summed E-state index contributed by atoms with van der Waals surface area (Å²) in [4.78, 5) is 0. The highest BCUT2D eigenvalue weighted by atomic mass is 19.1. The smallest absolute Gasteiger partial charge is 0.116 e. The van der Waals surface area contributed by atoms with Crippen molar-refractivity contribution < 1.29 is 4.39 Å². The van der Waals surface area contributed by atoms with Gasteiger partial charge in [0.15, 0.2) is 0 Å². The summed E-state index contributed by atoms with van der Waals surface area (Å²) in [6.45, 7) is 2.32. The maximum absolute atomic E-state index is 13.7. The first-order valence-corrected chi connectivity index (χ1v) is 6.74. The fourth-order valence-corrected chi connectivity index (χ4v) is 3.48. The van der Waals surface area contributed by atoms with Crippen molar-refractivity contribution in [1.29, 1.82) is 5.26 Å². The summed E-state index contributed by atoms with van der Waals surface area (Å²) in [7, 11) is 0. The van der Waals surface area contributed by atoms with Crippen LogP contribution in [0.5, 0.6) is 0 Å². The molecule has 0 aromatic heterocycles. The van der Waals surface area contributed by atoms with Crippen molar-refractivity contribution in [3.63, 3.8) is 0 Å². The molecule has 0 aromatic carbocycles. The molecule has 2 fully saturated rings. The minimum absolute atomic E-state index is 0.321. The molecule has 2 aliphatic carbocycles. The number of halogens is 1. The summed E-state index contributed by atoms with van der Waals surface area (Å²) in [5.74, 6) is 1.85. The lowest BCUT2D eigenvalue weighted by molar-refractivity contribution is 0.0979. The highest BCUT2D eigenvalue weighted by Gasteiger charge is 2.35. The molecule has 2 heteroatoms. The van der Waals surface area contributed by atoms with E-state index in [0.29, 0.717) is 12.3 Å². The van der Waals surface area contributed by atoms with E-state index in [1.54, 1.807) is 0 Å². The lowest BCUT2D eigenvalue weighted by Gasteiger charge is -2.37. The molecule has 2 aliphatic rings. The van der Waals surface area contributed by atoms with Gasteiger partial charge in [0.1, 0.15) is 6.17 Å². The van der Waals surface area contributed by atoms with Crippen LogP contribution in [0, 0.1) is 35.0 Å². The Labute approximate surface area is 98.0 Å². The van der Waals surface area contributed by atoms with E-state index in [-0.39, 0.29) is 5.92 Å². The molecule has 0 heterocycles. The van der Waals surface area contributed by atoms with Gasteiger partial charge < -0.3 is 0 Å². The van der Waals surface area contributed by atoms with Crippen LogP contribution in [0.3, 0.4) is 0 Å². The van der Waals surface area contributed by atoms with Crippen molar-refractivity contribution in [2.75, 3.05) is 0 Å². The van der Waals surface area contributed by atoms with Gasteiger partial charge in [0.25, 0.3) is 0 Å². The zero-order valence-corrected chi connectivity index (χ0v) is 10.2. The molecule has 0 radical (unpaired) electrons. The van der Waals surface area contributed by atoms with Crippen LogP contribution in [0.1, 0.15) is 51.9 Å². The van der Waals surface area contributed by atoms with Crippen LogP contribution in [0.15, 0.2) is 0 Å². The van der Waals surface area contributed by atoms with Crippen LogP contribution in [-0.2, 0) is 0 Å². The Balaban J connectivity index is 1.86. The molecule has 0 aromatic rings. The summed E-state index contributed by atoms with van der Waals surface area (Å²) in [6.07, 6.45) is 6.87. The van der Waals surface area contributed by atoms with Crippen LogP contribution in [0.25, 0.3) is 0 Å². The summed E-state index contributed by atoms with van der Waals surface area (Å²) in [5, 5.41) is 8.80. The van der Waals surface area contributed by atoms with E-state index < -0.39 is 6.17 Å². The molecular formula is C14H22FN. The number of nitriles is 1. The van der Waals surface area contributed by atoms with Gasteiger partial charge in [-0.15, -0.1) is 0 Å². The standard InChI is InChI=1S/C14H22FN/c1-10-2-4-11(5-3-10)12-6-7-13(9-16)14(15)8-12/h10-14H,2-8H2,1H3. The van der Waals surface area contributed by atoms with E-state index in [4.69, 9.17) is 5.26 Å². The molecule has 16 heavy (non-hydrogen) atoms. The molecule has 0 spiro atoms. The van der Waals surface area contributed by atoms with Crippen molar-refractivity contribution in [3.8, 4) is 6.07 Å². The summed E-state index contributed by atoms with van der Waals surface area (Å²) in [6, 6.07) is 2.11. The van der Waals surface area contributed by atoms with Gasteiger partial charge in [-0.1, -0.05) is 19.8 Å². The third-order valence-electron chi connectivity index (χ3n) is 4.71. The molecule has 0 bridgehead atoms. The lowest BCUT2D eigenvalue weighted by Crippen LogP contribution is -2.31. The van der Waals surface area contributed by atoms with Crippen molar-refractivity contribution in [3.05, 3.63) is 0 Å². The fraction of sp³-hybridized carbons (Fsp3) is 0.929. The first-order valence-electron chi connectivity index (χ1n) is 6.74. The van der Waals surface area contributed by atoms with Gasteiger partial charge in [0.05, 0.1) is 12.0 Å². The predicted molar refractivity (Wildman–Crippen MR) is 62.5 cm³/mol. The van der Waals surface area contributed by atoms with Crippen molar-refractivity contribution in [2.45, 2.75) is 58.0 Å². The second-order valence-electron chi connectivity index (χ2n) is 5.84. The summed E-state index contributed by atoms with van der Waals surface area (Å²) >= 11 is 0. The Morgan fingerprint density at radius 2 is 1.62 bits per heavy atom. The Morgan fingerprint density at radius 1 is 1.00 bits per heavy atom. The summed E-state index contributed by atoms with van der Waals surface area (Å²) < 4.78 is 13.7. The molecule has 0 saturated heterocycles. The summed E-state index contributed by atoms with van der Waals surface area (Å²) in [5.41, 5.74) is 0. The van der Waals surface area contributed by atoms with Crippen molar-refractivity contribution in [2.24, 2.45) is 23.7 Å². The van der Waals surface area contributed by atoms with Crippen molar-refractivity contribution in [1.82, 2.24) is 0 Å². The van der Waals surface area contributed by atoms with E-state index in [1.165, 1.54) is 25.7 Å². The molecule has 2 rings (SSSR count). The number of hydrogen-bond donors (Lipinski definition) is 0. The zero-order valence-electron chi connectivity index (χ0n) is 10.2. The minimum Gasteiger partial charge on any atom is -0.246 e. The maximum atomic E-state index is 13.7. The van der Waals surface area contributed by atoms with Gasteiger partial charge in [-0.25, -0.2) is 4.39 Å². The molecule has 0 amide bonds. The fourth-order valence-electron chi connectivity index (χ4n) is 3.48. The van der Waals surface area contributed by atoms with Gasteiger partial charge >= 0.3 is 0 Å². The molecular weight excluding hydrogens is 201 g/mol. The van der Waals surface area contributed by atoms with Crippen LogP contribution in [0.4, 0.5) is 4.39 Å². The Hall–Kier alpha value is -0.580. The van der Waals surface area contributed by atoms with E-state index in [1.807, 2.05) is 0 Å². The normalized spacial score (nSPS) is 44.9. The third kappa shape index (κ3) is 2.56. The Bertz CT molecular complexity index is 262. The average molecular weight is 223 g/mol. The first kappa shape index (κ1) is 11.9. The molecule has 90 valence electrons. The largest absolute Gasteiger partial charge is 0.246 e.